The molecule has 6 heteroatoms. The second-order valence-electron chi connectivity index (χ2n) is 4.05. The molecule has 0 radical (unpaired) electrons. The molecule has 1 saturated heterocycles. The van der Waals surface area contributed by atoms with E-state index >= 15 is 0 Å². The van der Waals surface area contributed by atoms with E-state index in [4.69, 9.17) is 9.84 Å². The van der Waals surface area contributed by atoms with Crippen LogP contribution >= 0.6 is 0 Å². The zero-order valence-corrected chi connectivity index (χ0v) is 10.2. The maximum atomic E-state index is 12.0. The molecule has 1 N–H and O–H groups in total. The highest BCUT2D eigenvalue weighted by atomic mass is 16.5. The largest absolute Gasteiger partial charge is 0.480 e. The van der Waals surface area contributed by atoms with Crippen LogP contribution in [0.2, 0.25) is 0 Å². The molecule has 2 rings (SSSR count). The van der Waals surface area contributed by atoms with Gasteiger partial charge in [-0.3, -0.25) is 9.78 Å². The predicted octanol–water partition coefficient (Wildman–Crippen LogP) is 0.407. The molecule has 19 heavy (non-hydrogen) atoms. The molecule has 0 spiro atoms. The second kappa shape index (κ2) is 6.10. The molecule has 1 atom stereocenters. The molecule has 0 bridgehead atoms. The van der Waals surface area contributed by atoms with Crippen molar-refractivity contribution in [2.24, 2.45) is 0 Å². The minimum atomic E-state index is -1.06. The smallest absolute Gasteiger partial charge is 0.328 e. The average Bonchev–Trinajstić information content (AvgIpc) is 2.46. The molecule has 1 aliphatic rings. The van der Waals surface area contributed by atoms with Gasteiger partial charge in [0.2, 0.25) is 5.91 Å². The highest BCUT2D eigenvalue weighted by molar-refractivity contribution is 5.94. The third kappa shape index (κ3) is 3.38. The number of carboxylic acids is 1. The molecule has 1 aliphatic heterocycles. The fraction of sp³-hybridized carbons (Fsp3) is 0.308. The van der Waals surface area contributed by atoms with Crippen molar-refractivity contribution in [3.8, 4) is 0 Å². The number of carbonyl (C=O) groups is 2. The molecule has 1 fully saturated rings. The Balaban J connectivity index is 2.06. The van der Waals surface area contributed by atoms with Crippen LogP contribution in [0, 0.1) is 0 Å². The number of morpholine rings is 1. The highest BCUT2D eigenvalue weighted by Crippen LogP contribution is 2.09. The average molecular weight is 262 g/mol. The Morgan fingerprint density at radius 2 is 2.32 bits per heavy atom. The number of aliphatic carboxylic acids is 1. The number of amides is 1. The molecular formula is C13H14N2O4. The Bertz CT molecular complexity index is 487. The zero-order valence-electron chi connectivity index (χ0n) is 10.2. The summed E-state index contributed by atoms with van der Waals surface area (Å²) in [5.41, 5.74) is 0.649. The first-order valence-electron chi connectivity index (χ1n) is 5.89. The lowest BCUT2D eigenvalue weighted by Gasteiger charge is -2.31. The van der Waals surface area contributed by atoms with Gasteiger partial charge in [0.15, 0.2) is 6.04 Å². The molecule has 0 aromatic carbocycles. The van der Waals surface area contributed by atoms with E-state index in [2.05, 4.69) is 4.98 Å². The lowest BCUT2D eigenvalue weighted by molar-refractivity contribution is -0.156. The first kappa shape index (κ1) is 13.2. The number of hydrogen-bond donors (Lipinski definition) is 1. The Labute approximate surface area is 110 Å². The number of aromatic nitrogens is 1. The third-order valence-corrected chi connectivity index (χ3v) is 2.78. The summed E-state index contributed by atoms with van der Waals surface area (Å²) in [5, 5.41) is 9.03. The van der Waals surface area contributed by atoms with E-state index in [-0.39, 0.29) is 19.1 Å². The van der Waals surface area contributed by atoms with E-state index in [1.165, 1.54) is 11.0 Å². The van der Waals surface area contributed by atoms with Crippen molar-refractivity contribution in [3.05, 3.63) is 36.2 Å². The van der Waals surface area contributed by atoms with Crippen LogP contribution in [0.25, 0.3) is 6.08 Å². The molecule has 1 aromatic rings. The van der Waals surface area contributed by atoms with Crippen molar-refractivity contribution >= 4 is 18.0 Å². The molecule has 1 amide bonds. The molecule has 2 heterocycles. The SMILES string of the molecule is O=C(O)C1COCCN1C(=O)/C=C/c1ccccn1. The molecule has 1 aromatic heterocycles. The van der Waals surface area contributed by atoms with Gasteiger partial charge in [0.25, 0.3) is 0 Å². The first-order chi connectivity index (χ1) is 9.18. The predicted molar refractivity (Wildman–Crippen MR) is 67.2 cm³/mol. The van der Waals surface area contributed by atoms with E-state index in [1.807, 2.05) is 6.07 Å². The van der Waals surface area contributed by atoms with Crippen LogP contribution < -0.4 is 0 Å². The molecule has 100 valence electrons. The molecule has 1 unspecified atom stereocenters. The van der Waals surface area contributed by atoms with Crippen LogP contribution in [0.1, 0.15) is 5.69 Å². The molecular weight excluding hydrogens is 248 g/mol. The van der Waals surface area contributed by atoms with E-state index < -0.39 is 12.0 Å². The van der Waals surface area contributed by atoms with Crippen molar-refractivity contribution in [2.45, 2.75) is 6.04 Å². The number of carboxylic acid groups (broad SMARTS) is 1. The number of pyridine rings is 1. The van der Waals surface area contributed by atoms with Gasteiger partial charge < -0.3 is 14.7 Å². The zero-order chi connectivity index (χ0) is 13.7. The van der Waals surface area contributed by atoms with Gasteiger partial charge in [-0.25, -0.2) is 4.79 Å². The van der Waals surface area contributed by atoms with Gasteiger partial charge >= 0.3 is 5.97 Å². The maximum Gasteiger partial charge on any atom is 0.328 e. The normalized spacial score (nSPS) is 19.6. The van der Waals surface area contributed by atoms with Crippen LogP contribution in [0.3, 0.4) is 0 Å². The molecule has 0 aliphatic carbocycles. The van der Waals surface area contributed by atoms with Gasteiger partial charge in [-0.1, -0.05) is 6.07 Å². The highest BCUT2D eigenvalue weighted by Gasteiger charge is 2.31. The second-order valence-corrected chi connectivity index (χ2v) is 4.05. The van der Waals surface area contributed by atoms with Gasteiger partial charge in [0.1, 0.15) is 0 Å². The van der Waals surface area contributed by atoms with Crippen LogP contribution in [0.5, 0.6) is 0 Å². The van der Waals surface area contributed by atoms with Gasteiger partial charge in [-0.2, -0.15) is 0 Å². The number of carbonyl (C=O) groups excluding carboxylic acids is 1. The summed E-state index contributed by atoms with van der Waals surface area (Å²) in [6.07, 6.45) is 4.53. The lowest BCUT2D eigenvalue weighted by Crippen LogP contribution is -2.52. The summed E-state index contributed by atoms with van der Waals surface area (Å²) in [6.45, 7) is 0.661. The van der Waals surface area contributed by atoms with Crippen molar-refractivity contribution in [1.29, 1.82) is 0 Å². The monoisotopic (exact) mass is 262 g/mol. The summed E-state index contributed by atoms with van der Waals surface area (Å²) in [7, 11) is 0. The topological polar surface area (TPSA) is 79.7 Å². The van der Waals surface area contributed by atoms with Gasteiger partial charge in [-0.05, 0) is 18.2 Å². The van der Waals surface area contributed by atoms with Crippen molar-refractivity contribution in [2.75, 3.05) is 19.8 Å². The fourth-order valence-corrected chi connectivity index (χ4v) is 1.80. The maximum absolute atomic E-state index is 12.0. The Kier molecular flexibility index (Phi) is 4.25. The summed E-state index contributed by atoms with van der Waals surface area (Å²) >= 11 is 0. The summed E-state index contributed by atoms with van der Waals surface area (Å²) in [6, 6.07) is 4.43. The van der Waals surface area contributed by atoms with Crippen LogP contribution in [-0.2, 0) is 14.3 Å². The minimum absolute atomic E-state index is 0.0263. The third-order valence-electron chi connectivity index (χ3n) is 2.78. The number of nitrogens with zero attached hydrogens (tertiary/aromatic N) is 2. The lowest BCUT2D eigenvalue weighted by atomic mass is 10.2. The van der Waals surface area contributed by atoms with Crippen molar-refractivity contribution in [1.82, 2.24) is 9.88 Å². The van der Waals surface area contributed by atoms with E-state index in [0.29, 0.717) is 12.3 Å². The van der Waals surface area contributed by atoms with E-state index in [0.717, 1.165) is 0 Å². The molecule has 0 saturated carbocycles. The van der Waals surface area contributed by atoms with Gasteiger partial charge in [-0.15, -0.1) is 0 Å². The number of hydrogen-bond acceptors (Lipinski definition) is 4. The quantitative estimate of drug-likeness (QED) is 0.798. The Hall–Kier alpha value is -2.21. The molecule has 6 nitrogen and oxygen atoms in total. The van der Waals surface area contributed by atoms with Crippen LogP contribution in [-0.4, -0.2) is 52.7 Å². The number of rotatable bonds is 3. The van der Waals surface area contributed by atoms with Gasteiger partial charge in [0.05, 0.1) is 18.9 Å². The van der Waals surface area contributed by atoms with Crippen molar-refractivity contribution in [3.63, 3.8) is 0 Å². The first-order valence-corrected chi connectivity index (χ1v) is 5.89. The Morgan fingerprint density at radius 3 is 3.00 bits per heavy atom. The Morgan fingerprint density at radius 1 is 1.47 bits per heavy atom. The van der Waals surface area contributed by atoms with Crippen LogP contribution in [0.15, 0.2) is 30.5 Å². The van der Waals surface area contributed by atoms with Gasteiger partial charge in [0, 0.05) is 18.8 Å². The number of ether oxygens (including phenoxy) is 1. The summed E-state index contributed by atoms with van der Waals surface area (Å²) in [5.74, 6) is -1.40. The summed E-state index contributed by atoms with van der Waals surface area (Å²) < 4.78 is 5.08. The fourth-order valence-electron chi connectivity index (χ4n) is 1.80. The summed E-state index contributed by atoms with van der Waals surface area (Å²) in [4.78, 5) is 28.4. The van der Waals surface area contributed by atoms with E-state index in [1.54, 1.807) is 24.4 Å². The minimum Gasteiger partial charge on any atom is -0.480 e. The van der Waals surface area contributed by atoms with Crippen molar-refractivity contribution < 1.29 is 19.4 Å². The van der Waals surface area contributed by atoms with E-state index in [9.17, 15) is 9.59 Å². The standard InChI is InChI=1S/C13H14N2O4/c16-12(5-4-10-3-1-2-6-14-10)15-7-8-19-9-11(15)13(17)18/h1-6,11H,7-9H2,(H,17,18)/b5-4+. The van der Waals surface area contributed by atoms with Crippen LogP contribution in [0.4, 0.5) is 0 Å².